The van der Waals surface area contributed by atoms with Crippen LogP contribution < -0.4 is 5.73 Å². The van der Waals surface area contributed by atoms with Gasteiger partial charge in [-0.05, 0) is 19.8 Å². The predicted octanol–water partition coefficient (Wildman–Crippen LogP) is 1.08. The molecule has 1 rings (SSSR count). The molecule has 0 spiro atoms. The van der Waals surface area contributed by atoms with E-state index in [1.54, 1.807) is 0 Å². The van der Waals surface area contributed by atoms with Gasteiger partial charge in [0.05, 0.1) is 13.2 Å². The highest BCUT2D eigenvalue weighted by molar-refractivity contribution is 4.90. The molecule has 1 fully saturated rings. The summed E-state index contributed by atoms with van der Waals surface area (Å²) in [4.78, 5) is 2.50. The van der Waals surface area contributed by atoms with Gasteiger partial charge >= 0.3 is 0 Å². The van der Waals surface area contributed by atoms with Crippen molar-refractivity contribution >= 4 is 0 Å². The molecule has 14 heavy (non-hydrogen) atoms. The zero-order valence-electron chi connectivity index (χ0n) is 9.92. The van der Waals surface area contributed by atoms with Crippen LogP contribution in [-0.2, 0) is 4.74 Å². The Kier molecular flexibility index (Phi) is 3.93. The maximum atomic E-state index is 5.84. The van der Waals surface area contributed by atoms with E-state index in [0.717, 1.165) is 26.3 Å². The number of nitrogens with zero attached hydrogens (tertiary/aromatic N) is 1. The van der Waals surface area contributed by atoms with Crippen molar-refractivity contribution in [2.75, 3.05) is 26.3 Å². The summed E-state index contributed by atoms with van der Waals surface area (Å²) in [6.07, 6.45) is 0. The van der Waals surface area contributed by atoms with Crippen LogP contribution in [0.5, 0.6) is 0 Å². The molecule has 0 aromatic rings. The monoisotopic (exact) mass is 200 g/mol. The van der Waals surface area contributed by atoms with E-state index in [4.69, 9.17) is 10.5 Å². The van der Waals surface area contributed by atoms with Gasteiger partial charge in [0.2, 0.25) is 0 Å². The normalized spacial score (nSPS) is 25.3. The van der Waals surface area contributed by atoms with E-state index in [1.165, 1.54) is 0 Å². The fourth-order valence-electron chi connectivity index (χ4n) is 2.24. The summed E-state index contributed by atoms with van der Waals surface area (Å²) >= 11 is 0. The van der Waals surface area contributed by atoms with Crippen LogP contribution in [0.1, 0.15) is 27.7 Å². The van der Waals surface area contributed by atoms with E-state index < -0.39 is 0 Å². The van der Waals surface area contributed by atoms with Gasteiger partial charge in [-0.2, -0.15) is 0 Å². The van der Waals surface area contributed by atoms with Crippen molar-refractivity contribution in [3.8, 4) is 0 Å². The molecule has 0 amide bonds. The van der Waals surface area contributed by atoms with Crippen molar-refractivity contribution in [3.05, 3.63) is 0 Å². The first-order chi connectivity index (χ1) is 6.49. The Hall–Kier alpha value is -0.120. The van der Waals surface area contributed by atoms with Crippen LogP contribution in [0.15, 0.2) is 0 Å². The Labute approximate surface area is 87.6 Å². The number of nitrogens with two attached hydrogens (primary N) is 1. The Morgan fingerprint density at radius 2 is 2.07 bits per heavy atom. The van der Waals surface area contributed by atoms with Crippen molar-refractivity contribution in [3.63, 3.8) is 0 Å². The molecule has 0 saturated carbocycles. The molecular formula is C11H24N2O. The minimum absolute atomic E-state index is 0.132. The fraction of sp³-hybridized carbons (Fsp3) is 1.00. The Bertz CT molecular complexity index is 180. The first-order valence-electron chi connectivity index (χ1n) is 5.53. The van der Waals surface area contributed by atoms with E-state index in [-0.39, 0.29) is 5.54 Å². The average Bonchev–Trinajstić information content (AvgIpc) is 2.08. The molecule has 1 aliphatic heterocycles. The van der Waals surface area contributed by atoms with E-state index >= 15 is 0 Å². The summed E-state index contributed by atoms with van der Waals surface area (Å²) in [5.74, 6) is 0.609. The lowest BCUT2D eigenvalue weighted by molar-refractivity contribution is -0.0783. The topological polar surface area (TPSA) is 38.5 Å². The molecule has 0 aromatic heterocycles. The van der Waals surface area contributed by atoms with Crippen LogP contribution >= 0.6 is 0 Å². The zero-order chi connectivity index (χ0) is 10.8. The summed E-state index contributed by atoms with van der Waals surface area (Å²) in [6, 6.07) is 0.480. The molecule has 3 heteroatoms. The van der Waals surface area contributed by atoms with Gasteiger partial charge < -0.3 is 10.5 Å². The third-order valence-corrected chi connectivity index (χ3v) is 3.12. The number of hydrogen-bond acceptors (Lipinski definition) is 3. The largest absolute Gasteiger partial charge is 0.378 e. The molecule has 1 unspecified atom stereocenters. The summed E-state index contributed by atoms with van der Waals surface area (Å²) in [7, 11) is 0. The van der Waals surface area contributed by atoms with E-state index in [1.807, 2.05) is 0 Å². The lowest BCUT2D eigenvalue weighted by Gasteiger charge is -2.47. The Morgan fingerprint density at radius 1 is 1.43 bits per heavy atom. The number of ether oxygens (including phenoxy) is 1. The summed E-state index contributed by atoms with van der Waals surface area (Å²) in [6.45, 7) is 12.3. The summed E-state index contributed by atoms with van der Waals surface area (Å²) in [5, 5.41) is 0. The highest BCUT2D eigenvalue weighted by Gasteiger charge is 2.35. The average molecular weight is 200 g/mol. The highest BCUT2D eigenvalue weighted by Crippen LogP contribution is 2.24. The standard InChI is InChI=1S/C11H24N2O/c1-9(2)10(7-12)13-5-6-14-8-11(13,3)4/h9-10H,5-8,12H2,1-4H3. The van der Waals surface area contributed by atoms with Crippen LogP contribution in [0, 0.1) is 5.92 Å². The van der Waals surface area contributed by atoms with Gasteiger partial charge in [0.15, 0.2) is 0 Å². The van der Waals surface area contributed by atoms with E-state index in [9.17, 15) is 0 Å². The lowest BCUT2D eigenvalue weighted by Crippen LogP contribution is -2.60. The molecule has 1 atom stereocenters. The maximum absolute atomic E-state index is 5.84. The van der Waals surface area contributed by atoms with Crippen LogP contribution in [0.25, 0.3) is 0 Å². The van der Waals surface area contributed by atoms with Crippen molar-refractivity contribution in [1.82, 2.24) is 4.90 Å². The quantitative estimate of drug-likeness (QED) is 0.741. The van der Waals surface area contributed by atoms with Crippen molar-refractivity contribution in [2.45, 2.75) is 39.3 Å². The van der Waals surface area contributed by atoms with Gasteiger partial charge in [-0.3, -0.25) is 4.90 Å². The van der Waals surface area contributed by atoms with Crippen molar-refractivity contribution in [1.29, 1.82) is 0 Å². The molecule has 0 aromatic carbocycles. The second-order valence-electron chi connectivity index (χ2n) is 5.11. The Morgan fingerprint density at radius 3 is 2.50 bits per heavy atom. The molecule has 0 radical (unpaired) electrons. The van der Waals surface area contributed by atoms with E-state index in [2.05, 4.69) is 32.6 Å². The highest BCUT2D eigenvalue weighted by atomic mass is 16.5. The SMILES string of the molecule is CC(C)C(CN)N1CCOCC1(C)C. The van der Waals surface area contributed by atoms with Crippen LogP contribution in [0.4, 0.5) is 0 Å². The summed E-state index contributed by atoms with van der Waals surface area (Å²) < 4.78 is 5.51. The van der Waals surface area contributed by atoms with Crippen LogP contribution in [-0.4, -0.2) is 42.8 Å². The molecule has 0 aliphatic carbocycles. The molecule has 0 bridgehead atoms. The minimum atomic E-state index is 0.132. The van der Waals surface area contributed by atoms with Gasteiger partial charge in [-0.15, -0.1) is 0 Å². The Balaban J connectivity index is 2.71. The van der Waals surface area contributed by atoms with Crippen LogP contribution in [0.2, 0.25) is 0 Å². The maximum Gasteiger partial charge on any atom is 0.0645 e. The first-order valence-corrected chi connectivity index (χ1v) is 5.53. The molecule has 84 valence electrons. The van der Waals surface area contributed by atoms with Crippen molar-refractivity contribution < 1.29 is 4.74 Å². The number of morpholine rings is 1. The van der Waals surface area contributed by atoms with Crippen LogP contribution in [0.3, 0.4) is 0 Å². The number of hydrogen-bond donors (Lipinski definition) is 1. The second-order valence-corrected chi connectivity index (χ2v) is 5.11. The smallest absolute Gasteiger partial charge is 0.0645 e. The predicted molar refractivity (Wildman–Crippen MR) is 59.3 cm³/mol. The fourth-order valence-corrected chi connectivity index (χ4v) is 2.24. The first kappa shape index (κ1) is 12.0. The second kappa shape index (κ2) is 4.60. The molecule has 2 N–H and O–H groups in total. The third-order valence-electron chi connectivity index (χ3n) is 3.12. The van der Waals surface area contributed by atoms with E-state index in [0.29, 0.717) is 12.0 Å². The molecule has 1 heterocycles. The molecular weight excluding hydrogens is 176 g/mol. The zero-order valence-corrected chi connectivity index (χ0v) is 9.92. The molecule has 1 saturated heterocycles. The van der Waals surface area contributed by atoms with Gasteiger partial charge in [0, 0.05) is 24.7 Å². The van der Waals surface area contributed by atoms with Crippen molar-refractivity contribution in [2.24, 2.45) is 11.7 Å². The van der Waals surface area contributed by atoms with Gasteiger partial charge in [0.25, 0.3) is 0 Å². The lowest BCUT2D eigenvalue weighted by atomic mass is 9.94. The van der Waals surface area contributed by atoms with Gasteiger partial charge in [0.1, 0.15) is 0 Å². The van der Waals surface area contributed by atoms with Gasteiger partial charge in [-0.1, -0.05) is 13.8 Å². The molecule has 1 aliphatic rings. The molecule has 3 nitrogen and oxygen atoms in total. The number of rotatable bonds is 3. The minimum Gasteiger partial charge on any atom is -0.378 e. The third kappa shape index (κ3) is 2.47. The van der Waals surface area contributed by atoms with Gasteiger partial charge in [-0.25, -0.2) is 0 Å². The summed E-state index contributed by atoms with van der Waals surface area (Å²) in [5.41, 5.74) is 5.97.